The van der Waals surface area contributed by atoms with E-state index in [9.17, 15) is 19.2 Å². The zero-order chi connectivity index (χ0) is 23.6. The predicted octanol–water partition coefficient (Wildman–Crippen LogP) is 4.52. The van der Waals surface area contributed by atoms with Gasteiger partial charge in [-0.3, -0.25) is 14.4 Å². The summed E-state index contributed by atoms with van der Waals surface area (Å²) in [5.74, 6) is -1.24. The summed E-state index contributed by atoms with van der Waals surface area (Å²) in [5.41, 5.74) is 4.36. The number of ether oxygens (including phenoxy) is 1. The Morgan fingerprint density at radius 2 is 1.34 bits per heavy atom. The number of nitrogens with one attached hydrogen (secondary N) is 2. The van der Waals surface area contributed by atoms with Crippen LogP contribution in [0.1, 0.15) is 90.5 Å². The smallest absolute Gasteiger partial charge is 0.355 e. The van der Waals surface area contributed by atoms with Crippen molar-refractivity contribution in [2.24, 2.45) is 0 Å². The fourth-order valence-electron chi connectivity index (χ4n) is 4.01. The number of carbonyl (C=O) groups is 4. The third kappa shape index (κ3) is 4.46. The van der Waals surface area contributed by atoms with Crippen LogP contribution < -0.4 is 0 Å². The Morgan fingerprint density at radius 1 is 0.750 bits per heavy atom. The summed E-state index contributed by atoms with van der Waals surface area (Å²) >= 11 is 0. The number of ketones is 3. The summed E-state index contributed by atoms with van der Waals surface area (Å²) in [6.45, 7) is 7.81. The number of benzene rings is 1. The number of rotatable bonds is 8. The van der Waals surface area contributed by atoms with Crippen molar-refractivity contribution in [2.75, 3.05) is 0 Å². The van der Waals surface area contributed by atoms with Crippen LogP contribution in [-0.2, 0) is 17.8 Å². The number of Topliss-reactive ketones (excluding diaryl/α,β-unsaturated/α-hetero) is 3. The minimum atomic E-state index is -0.632. The van der Waals surface area contributed by atoms with E-state index >= 15 is 0 Å². The molecule has 0 bridgehead atoms. The zero-order valence-corrected chi connectivity index (χ0v) is 18.8. The Labute approximate surface area is 186 Å². The molecule has 0 atom stereocenters. The molecule has 3 rings (SSSR count). The van der Waals surface area contributed by atoms with Crippen molar-refractivity contribution in [3.05, 3.63) is 80.9 Å². The highest BCUT2D eigenvalue weighted by Crippen LogP contribution is 2.26. The van der Waals surface area contributed by atoms with Gasteiger partial charge in [-0.25, -0.2) is 4.79 Å². The van der Waals surface area contributed by atoms with Crippen LogP contribution in [0.4, 0.5) is 0 Å². The van der Waals surface area contributed by atoms with Gasteiger partial charge in [-0.2, -0.15) is 0 Å². The van der Waals surface area contributed by atoms with Gasteiger partial charge in [0.1, 0.15) is 12.3 Å². The molecule has 2 aromatic heterocycles. The fraction of sp³-hybridized carbons (Fsp3) is 0.280. The Hall–Kier alpha value is -3.74. The summed E-state index contributed by atoms with van der Waals surface area (Å²) in [6.07, 6.45) is 0.223. The minimum Gasteiger partial charge on any atom is -0.456 e. The molecular weight excluding hydrogens is 408 g/mol. The molecule has 0 amide bonds. The average molecular weight is 434 g/mol. The molecule has 0 radical (unpaired) electrons. The first-order valence-corrected chi connectivity index (χ1v) is 10.3. The standard InChI is InChI=1S/C25H26N2O5/c1-13-19(11-20-21(15(3)28)14(2)23(27-20)17(5)30)26-24(22(13)16(4)29)25(31)32-12-18-9-7-6-8-10-18/h6-10,26-27H,11-12H2,1-5H3. The maximum Gasteiger partial charge on any atom is 0.355 e. The van der Waals surface area contributed by atoms with E-state index in [2.05, 4.69) is 9.97 Å². The highest BCUT2D eigenvalue weighted by molar-refractivity contribution is 6.06. The molecule has 0 aliphatic carbocycles. The van der Waals surface area contributed by atoms with Crippen molar-refractivity contribution in [1.82, 2.24) is 9.97 Å². The fourth-order valence-corrected chi connectivity index (χ4v) is 4.01. The highest BCUT2D eigenvalue weighted by Gasteiger charge is 2.26. The molecule has 3 aromatic rings. The van der Waals surface area contributed by atoms with E-state index in [4.69, 9.17) is 4.74 Å². The van der Waals surface area contributed by atoms with E-state index in [1.54, 1.807) is 13.8 Å². The Balaban J connectivity index is 1.96. The van der Waals surface area contributed by atoms with Gasteiger partial charge in [-0.1, -0.05) is 30.3 Å². The Morgan fingerprint density at radius 3 is 1.91 bits per heavy atom. The summed E-state index contributed by atoms with van der Waals surface area (Å²) in [5, 5.41) is 0. The summed E-state index contributed by atoms with van der Waals surface area (Å²) in [4.78, 5) is 55.3. The van der Waals surface area contributed by atoms with E-state index in [0.717, 1.165) is 5.56 Å². The second-order valence-electron chi connectivity index (χ2n) is 7.86. The summed E-state index contributed by atoms with van der Waals surface area (Å²) in [7, 11) is 0. The molecule has 32 heavy (non-hydrogen) atoms. The van der Waals surface area contributed by atoms with Gasteiger partial charge in [-0.15, -0.1) is 0 Å². The van der Waals surface area contributed by atoms with Crippen LogP contribution >= 0.6 is 0 Å². The van der Waals surface area contributed by atoms with Gasteiger partial charge < -0.3 is 14.7 Å². The molecular formula is C25H26N2O5. The highest BCUT2D eigenvalue weighted by atomic mass is 16.5. The van der Waals surface area contributed by atoms with E-state index < -0.39 is 5.97 Å². The molecule has 0 aliphatic heterocycles. The first-order valence-electron chi connectivity index (χ1n) is 10.3. The van der Waals surface area contributed by atoms with Crippen LogP contribution in [-0.4, -0.2) is 33.3 Å². The lowest BCUT2D eigenvalue weighted by molar-refractivity contribution is 0.0463. The van der Waals surface area contributed by atoms with E-state index in [0.29, 0.717) is 33.8 Å². The predicted molar refractivity (Wildman–Crippen MR) is 119 cm³/mol. The third-order valence-electron chi connectivity index (χ3n) is 5.51. The number of aromatic nitrogens is 2. The average Bonchev–Trinajstić information content (AvgIpc) is 3.24. The van der Waals surface area contributed by atoms with Crippen LogP contribution in [0.25, 0.3) is 0 Å². The summed E-state index contributed by atoms with van der Waals surface area (Å²) in [6, 6.07) is 9.25. The van der Waals surface area contributed by atoms with Crippen molar-refractivity contribution >= 4 is 23.3 Å². The maximum atomic E-state index is 12.8. The topological polar surface area (TPSA) is 109 Å². The number of hydrogen-bond acceptors (Lipinski definition) is 5. The van der Waals surface area contributed by atoms with Gasteiger partial charge in [0.05, 0.1) is 11.3 Å². The van der Waals surface area contributed by atoms with Crippen LogP contribution in [0.3, 0.4) is 0 Å². The Kier molecular flexibility index (Phi) is 6.58. The lowest BCUT2D eigenvalue weighted by Gasteiger charge is -2.05. The van der Waals surface area contributed by atoms with Crippen LogP contribution in [0.5, 0.6) is 0 Å². The molecule has 0 aliphatic rings. The van der Waals surface area contributed by atoms with Gasteiger partial charge in [0.2, 0.25) is 0 Å². The van der Waals surface area contributed by atoms with Crippen molar-refractivity contribution in [3.8, 4) is 0 Å². The van der Waals surface area contributed by atoms with E-state index in [1.165, 1.54) is 20.8 Å². The van der Waals surface area contributed by atoms with Crippen LogP contribution in [0.15, 0.2) is 30.3 Å². The Bertz CT molecular complexity index is 1210. The molecule has 7 nitrogen and oxygen atoms in total. The van der Waals surface area contributed by atoms with E-state index in [1.807, 2.05) is 30.3 Å². The third-order valence-corrected chi connectivity index (χ3v) is 5.51. The van der Waals surface area contributed by atoms with Crippen molar-refractivity contribution in [2.45, 2.75) is 47.6 Å². The first kappa shape index (κ1) is 22.9. The first-order chi connectivity index (χ1) is 15.1. The minimum absolute atomic E-state index is 0.0801. The zero-order valence-electron chi connectivity index (χ0n) is 18.8. The molecule has 0 saturated heterocycles. The summed E-state index contributed by atoms with van der Waals surface area (Å²) < 4.78 is 5.41. The lowest BCUT2D eigenvalue weighted by Crippen LogP contribution is -2.10. The van der Waals surface area contributed by atoms with Crippen molar-refractivity contribution in [3.63, 3.8) is 0 Å². The van der Waals surface area contributed by atoms with Crippen LogP contribution in [0, 0.1) is 13.8 Å². The van der Waals surface area contributed by atoms with Gasteiger partial charge in [-0.05, 0) is 44.4 Å². The largest absolute Gasteiger partial charge is 0.456 e. The molecule has 0 unspecified atom stereocenters. The molecule has 2 N–H and O–H groups in total. The number of hydrogen-bond donors (Lipinski definition) is 2. The maximum absolute atomic E-state index is 12.8. The number of H-pyrrole nitrogens is 2. The quantitative estimate of drug-likeness (QED) is 0.400. The van der Waals surface area contributed by atoms with Crippen LogP contribution in [0.2, 0.25) is 0 Å². The number of esters is 1. The second kappa shape index (κ2) is 9.18. The van der Waals surface area contributed by atoms with Crippen molar-refractivity contribution < 1.29 is 23.9 Å². The number of carbonyl (C=O) groups excluding carboxylic acids is 4. The molecule has 166 valence electrons. The van der Waals surface area contributed by atoms with Gasteiger partial charge >= 0.3 is 5.97 Å². The molecule has 0 saturated carbocycles. The second-order valence-corrected chi connectivity index (χ2v) is 7.86. The van der Waals surface area contributed by atoms with Gasteiger partial charge in [0.15, 0.2) is 17.3 Å². The van der Waals surface area contributed by atoms with Crippen molar-refractivity contribution in [1.29, 1.82) is 0 Å². The SMILES string of the molecule is CC(=O)c1[nH]c(Cc2[nH]c(C(=O)OCc3ccccc3)c(C(C)=O)c2C)c(C(C)=O)c1C. The molecule has 2 heterocycles. The molecule has 0 fully saturated rings. The monoisotopic (exact) mass is 434 g/mol. The lowest BCUT2D eigenvalue weighted by atomic mass is 10.0. The van der Waals surface area contributed by atoms with Gasteiger partial charge in [0.25, 0.3) is 0 Å². The van der Waals surface area contributed by atoms with Gasteiger partial charge in [0, 0.05) is 30.3 Å². The molecule has 0 spiro atoms. The molecule has 7 heteroatoms. The molecule has 1 aromatic carbocycles. The normalized spacial score (nSPS) is 10.8. The van der Waals surface area contributed by atoms with E-state index in [-0.39, 0.29) is 41.6 Å². The number of aromatic amines is 2.